The van der Waals surface area contributed by atoms with E-state index < -0.39 is 5.97 Å². The molecule has 5 heteroatoms. The molecule has 0 spiro atoms. The largest absolute Gasteiger partial charge is 0.507 e. The Balaban J connectivity index is 0.000000367. The zero-order chi connectivity index (χ0) is 14.4. The van der Waals surface area contributed by atoms with Gasteiger partial charge in [-0.3, -0.25) is 0 Å². The first kappa shape index (κ1) is 19.1. The summed E-state index contributed by atoms with van der Waals surface area (Å²) >= 11 is 0. The van der Waals surface area contributed by atoms with Crippen LogP contribution in [-0.2, 0) is 0 Å². The van der Waals surface area contributed by atoms with Gasteiger partial charge in [0.15, 0.2) is 0 Å². The fourth-order valence-corrected chi connectivity index (χ4v) is 1.79. The van der Waals surface area contributed by atoms with Crippen molar-refractivity contribution in [3.8, 4) is 5.75 Å². The molecule has 0 amide bonds. The molecule has 22 heavy (non-hydrogen) atoms. The average molecular weight is 300 g/mol. The molecule has 0 heterocycles. The van der Waals surface area contributed by atoms with Crippen LogP contribution in [0.1, 0.15) is 10.4 Å². The molecule has 0 radical (unpaired) electrons. The molecule has 0 atom stereocenters. The molecule has 0 fully saturated rings. The van der Waals surface area contributed by atoms with E-state index in [0.29, 0.717) is 0 Å². The summed E-state index contributed by atoms with van der Waals surface area (Å²) in [5, 5.41) is 19.9. The van der Waals surface area contributed by atoms with Gasteiger partial charge in [0.2, 0.25) is 0 Å². The molecule has 0 unspecified atom stereocenters. The second kappa shape index (κ2) is 9.12. The lowest BCUT2D eigenvalue weighted by atomic mass is 10.1. The van der Waals surface area contributed by atoms with Crippen LogP contribution in [0.3, 0.4) is 0 Å². The molecule has 0 saturated heterocycles. The summed E-state index contributed by atoms with van der Waals surface area (Å²) in [4.78, 5) is 10.3. The summed E-state index contributed by atoms with van der Waals surface area (Å²) in [6, 6.07) is 22.5. The van der Waals surface area contributed by atoms with Crippen LogP contribution in [0.25, 0.3) is 10.8 Å². The zero-order valence-corrected chi connectivity index (χ0v) is 12.1. The lowest BCUT2D eigenvalue weighted by Gasteiger charge is -1.95. The first-order valence-electron chi connectivity index (χ1n) is 6.13. The van der Waals surface area contributed by atoms with Crippen LogP contribution >= 0.6 is 0 Å². The minimum atomic E-state index is -1.11. The van der Waals surface area contributed by atoms with E-state index >= 15 is 0 Å². The molecule has 3 rings (SSSR count). The Morgan fingerprint density at radius 3 is 1.36 bits per heavy atom. The highest BCUT2D eigenvalue weighted by molar-refractivity contribution is 5.90. The van der Waals surface area contributed by atoms with E-state index in [2.05, 4.69) is 48.5 Å². The fourth-order valence-electron chi connectivity index (χ4n) is 1.79. The van der Waals surface area contributed by atoms with Gasteiger partial charge in [-0.05, 0) is 22.9 Å². The Labute approximate surface area is 129 Å². The molecule has 3 aromatic carbocycles. The summed E-state index contributed by atoms with van der Waals surface area (Å²) in [5.74, 6) is -1.31. The van der Waals surface area contributed by atoms with Gasteiger partial charge in [0.25, 0.3) is 0 Å². The van der Waals surface area contributed by atoms with Crippen LogP contribution in [-0.4, -0.2) is 16.2 Å². The second-order valence-corrected chi connectivity index (χ2v) is 4.17. The van der Waals surface area contributed by atoms with Crippen LogP contribution in [0.5, 0.6) is 5.75 Å². The minimum Gasteiger partial charge on any atom is -0.507 e. The summed E-state index contributed by atoms with van der Waals surface area (Å²) in [6.45, 7) is 0. The van der Waals surface area contributed by atoms with Crippen LogP contribution < -0.4 is 12.3 Å². The Morgan fingerprint density at radius 1 is 0.682 bits per heavy atom. The van der Waals surface area contributed by atoms with Gasteiger partial charge in [0.1, 0.15) is 11.3 Å². The van der Waals surface area contributed by atoms with Crippen molar-refractivity contribution in [1.29, 1.82) is 0 Å². The van der Waals surface area contributed by atoms with Crippen molar-refractivity contribution in [2.45, 2.75) is 0 Å². The molecule has 3 aromatic rings. The van der Waals surface area contributed by atoms with Crippen molar-refractivity contribution in [3.63, 3.8) is 0 Å². The first-order chi connectivity index (χ1) is 9.68. The van der Waals surface area contributed by atoms with Gasteiger partial charge in [-0.15, -0.1) is 0 Å². The highest BCUT2D eigenvalue weighted by Crippen LogP contribution is 2.14. The number of carboxylic acids is 1. The second-order valence-electron chi connectivity index (χ2n) is 4.17. The van der Waals surface area contributed by atoms with Crippen LogP contribution in [0.15, 0.2) is 72.8 Å². The molecule has 0 aliphatic carbocycles. The first-order valence-corrected chi connectivity index (χ1v) is 6.13. The molecule has 8 N–H and O–H groups in total. The summed E-state index contributed by atoms with van der Waals surface area (Å²) in [7, 11) is 0. The highest BCUT2D eigenvalue weighted by atomic mass is 16.4. The standard InChI is InChI=1S/C10H8.C7H6O3.2H3N/c1-2-6-10-8-4-3-7-9(10)5-1;8-6-4-2-1-3-5(6)7(9)10;;/h1-8H;1-4,8H,(H,9,10);2*1H3. The van der Waals surface area contributed by atoms with Gasteiger partial charge in [-0.25, -0.2) is 4.79 Å². The third-order valence-corrected chi connectivity index (χ3v) is 2.79. The van der Waals surface area contributed by atoms with Crippen molar-refractivity contribution in [2.24, 2.45) is 0 Å². The van der Waals surface area contributed by atoms with E-state index in [4.69, 9.17) is 10.2 Å². The molecule has 116 valence electrons. The van der Waals surface area contributed by atoms with Crippen LogP contribution in [0.2, 0.25) is 0 Å². The summed E-state index contributed by atoms with van der Waals surface area (Å²) < 4.78 is 0. The number of phenols is 1. The molecule has 0 aliphatic heterocycles. The van der Waals surface area contributed by atoms with Crippen LogP contribution in [0.4, 0.5) is 0 Å². The summed E-state index contributed by atoms with van der Waals surface area (Å²) in [5.41, 5.74) is -0.0671. The predicted octanol–water partition coefficient (Wildman–Crippen LogP) is 4.25. The van der Waals surface area contributed by atoms with E-state index in [9.17, 15) is 4.79 Å². The van der Waals surface area contributed by atoms with Gasteiger partial charge in [-0.1, -0.05) is 60.7 Å². The number of para-hydroxylation sites is 1. The SMILES string of the molecule is N.N.O=C(O)c1ccccc1O.c1ccc2ccccc2c1. The van der Waals surface area contributed by atoms with Gasteiger partial charge < -0.3 is 22.5 Å². The number of carbonyl (C=O) groups is 1. The number of aromatic hydroxyl groups is 1. The lowest BCUT2D eigenvalue weighted by molar-refractivity contribution is 0.0693. The minimum absolute atomic E-state index is 0. The number of hydrogen-bond donors (Lipinski definition) is 4. The third kappa shape index (κ3) is 4.90. The molecule has 0 bridgehead atoms. The normalized spacial score (nSPS) is 8.73. The van der Waals surface area contributed by atoms with Crippen molar-refractivity contribution in [2.75, 3.05) is 0 Å². The maximum Gasteiger partial charge on any atom is 0.339 e. The van der Waals surface area contributed by atoms with E-state index in [1.54, 1.807) is 12.1 Å². The Kier molecular flexibility index (Phi) is 7.92. The van der Waals surface area contributed by atoms with Gasteiger partial charge in [0, 0.05) is 0 Å². The van der Waals surface area contributed by atoms with Gasteiger partial charge in [0.05, 0.1) is 0 Å². The Morgan fingerprint density at radius 2 is 1.05 bits per heavy atom. The zero-order valence-electron chi connectivity index (χ0n) is 12.1. The highest BCUT2D eigenvalue weighted by Gasteiger charge is 2.05. The molecule has 0 aromatic heterocycles. The summed E-state index contributed by atoms with van der Waals surface area (Å²) in [6.07, 6.45) is 0. The fraction of sp³-hybridized carbons (Fsp3) is 0. The van der Waals surface area contributed by atoms with Crippen LogP contribution in [0, 0.1) is 0 Å². The Hall–Kier alpha value is -2.89. The van der Waals surface area contributed by atoms with E-state index in [0.717, 1.165) is 0 Å². The molecular formula is C17H20N2O3. The Bertz CT molecular complexity index is 664. The number of benzene rings is 3. The average Bonchev–Trinajstić information content (AvgIpc) is 2.48. The number of hydrogen-bond acceptors (Lipinski definition) is 4. The topological polar surface area (TPSA) is 128 Å². The smallest absolute Gasteiger partial charge is 0.339 e. The lowest BCUT2D eigenvalue weighted by Crippen LogP contribution is -1.95. The maximum absolute atomic E-state index is 10.3. The molecule has 5 nitrogen and oxygen atoms in total. The van der Waals surface area contributed by atoms with Crippen molar-refractivity contribution >= 4 is 16.7 Å². The molecule has 0 saturated carbocycles. The number of fused-ring (bicyclic) bond motifs is 1. The van der Waals surface area contributed by atoms with Crippen molar-refractivity contribution in [3.05, 3.63) is 78.4 Å². The molecule has 0 aliphatic rings. The van der Waals surface area contributed by atoms with Crippen molar-refractivity contribution in [1.82, 2.24) is 12.3 Å². The van der Waals surface area contributed by atoms with E-state index in [-0.39, 0.29) is 23.6 Å². The maximum atomic E-state index is 10.3. The number of rotatable bonds is 1. The predicted molar refractivity (Wildman–Crippen MR) is 89.1 cm³/mol. The third-order valence-electron chi connectivity index (χ3n) is 2.79. The number of carboxylic acid groups (broad SMARTS) is 1. The van der Waals surface area contributed by atoms with Gasteiger partial charge in [-0.2, -0.15) is 0 Å². The van der Waals surface area contributed by atoms with Gasteiger partial charge >= 0.3 is 5.97 Å². The number of aromatic carboxylic acids is 1. The van der Waals surface area contributed by atoms with E-state index in [1.165, 1.54) is 22.9 Å². The quantitative estimate of drug-likeness (QED) is 0.534. The molecular weight excluding hydrogens is 280 g/mol. The van der Waals surface area contributed by atoms with Crippen molar-refractivity contribution < 1.29 is 15.0 Å². The monoisotopic (exact) mass is 300 g/mol. The van der Waals surface area contributed by atoms with E-state index in [1.807, 2.05) is 0 Å².